The van der Waals surface area contributed by atoms with E-state index in [0.29, 0.717) is 19.3 Å². The average Bonchev–Trinajstić information content (AvgIpc) is 3.23. The third-order valence-electron chi connectivity index (χ3n) is 12.6. The van der Waals surface area contributed by atoms with Crippen molar-refractivity contribution in [3.63, 3.8) is 0 Å². The van der Waals surface area contributed by atoms with Crippen molar-refractivity contribution in [3.05, 3.63) is 0 Å². The molecule has 2 atom stereocenters. The first-order chi connectivity index (χ1) is 29.3. The predicted octanol–water partition coefficient (Wildman–Crippen LogP) is 17.3. The van der Waals surface area contributed by atoms with Crippen LogP contribution in [0.4, 0.5) is 0 Å². The van der Waals surface area contributed by atoms with Gasteiger partial charge in [-0.1, -0.05) is 259 Å². The molecule has 0 aliphatic heterocycles. The van der Waals surface area contributed by atoms with Gasteiger partial charge in [-0.05, 0) is 31.1 Å². The molecule has 356 valence electrons. The number of ether oxygens (including phenoxy) is 3. The van der Waals surface area contributed by atoms with Crippen LogP contribution in [0, 0.1) is 11.8 Å². The molecular formula is C54H104O6. The molecule has 0 fully saturated rings. The Morgan fingerprint density at radius 3 is 0.950 bits per heavy atom. The van der Waals surface area contributed by atoms with Crippen LogP contribution in [0.1, 0.15) is 298 Å². The van der Waals surface area contributed by atoms with Gasteiger partial charge in [0.2, 0.25) is 0 Å². The van der Waals surface area contributed by atoms with Crippen molar-refractivity contribution in [1.29, 1.82) is 0 Å². The van der Waals surface area contributed by atoms with E-state index in [1.54, 1.807) is 0 Å². The molecule has 0 saturated heterocycles. The largest absolute Gasteiger partial charge is 0.462 e. The number of rotatable bonds is 48. The van der Waals surface area contributed by atoms with Crippen molar-refractivity contribution in [2.45, 2.75) is 304 Å². The third kappa shape index (κ3) is 45.9. The molecule has 0 aromatic heterocycles. The summed E-state index contributed by atoms with van der Waals surface area (Å²) in [5.74, 6) is 0.871. The Hall–Kier alpha value is -1.59. The van der Waals surface area contributed by atoms with E-state index in [0.717, 1.165) is 69.6 Å². The fourth-order valence-electron chi connectivity index (χ4n) is 8.13. The number of hydrogen-bond donors (Lipinski definition) is 0. The van der Waals surface area contributed by atoms with E-state index in [-0.39, 0.29) is 31.1 Å². The Labute approximate surface area is 374 Å². The van der Waals surface area contributed by atoms with E-state index >= 15 is 0 Å². The minimum atomic E-state index is -0.761. The Morgan fingerprint density at radius 1 is 0.350 bits per heavy atom. The van der Waals surface area contributed by atoms with E-state index in [1.165, 1.54) is 186 Å². The maximum atomic E-state index is 12.8. The molecule has 60 heavy (non-hydrogen) atoms. The fraction of sp³-hybridized carbons (Fsp3) is 0.944. The summed E-state index contributed by atoms with van der Waals surface area (Å²) >= 11 is 0. The lowest BCUT2D eigenvalue weighted by molar-refractivity contribution is -0.167. The van der Waals surface area contributed by atoms with Gasteiger partial charge < -0.3 is 14.2 Å². The van der Waals surface area contributed by atoms with Crippen molar-refractivity contribution in [2.24, 2.45) is 11.8 Å². The van der Waals surface area contributed by atoms with E-state index < -0.39 is 6.10 Å². The van der Waals surface area contributed by atoms with Crippen LogP contribution in [0.15, 0.2) is 0 Å². The Morgan fingerprint density at radius 2 is 0.633 bits per heavy atom. The number of carbonyl (C=O) groups excluding carboxylic acids is 3. The second kappa shape index (κ2) is 46.9. The van der Waals surface area contributed by atoms with Crippen molar-refractivity contribution in [3.8, 4) is 0 Å². The number of hydrogen-bond acceptors (Lipinski definition) is 6. The molecule has 1 unspecified atom stereocenters. The zero-order valence-electron chi connectivity index (χ0n) is 41.1. The van der Waals surface area contributed by atoms with Gasteiger partial charge in [-0.15, -0.1) is 0 Å². The number of unbranched alkanes of at least 4 members (excludes halogenated alkanes) is 32. The van der Waals surface area contributed by atoms with Crippen LogP contribution < -0.4 is 0 Å². The zero-order valence-corrected chi connectivity index (χ0v) is 41.1. The zero-order chi connectivity index (χ0) is 44.0. The monoisotopic (exact) mass is 849 g/mol. The van der Waals surface area contributed by atoms with Crippen LogP contribution in [-0.2, 0) is 28.6 Å². The van der Waals surface area contributed by atoms with Gasteiger partial charge in [0.05, 0.1) is 0 Å². The van der Waals surface area contributed by atoms with Crippen molar-refractivity contribution >= 4 is 17.9 Å². The summed E-state index contributed by atoms with van der Waals surface area (Å²) in [6.07, 6.45) is 48.0. The van der Waals surface area contributed by atoms with Crippen LogP contribution in [0.3, 0.4) is 0 Å². The van der Waals surface area contributed by atoms with Crippen LogP contribution in [0.25, 0.3) is 0 Å². The van der Waals surface area contributed by atoms with Gasteiger partial charge >= 0.3 is 17.9 Å². The van der Waals surface area contributed by atoms with Crippen molar-refractivity contribution < 1.29 is 28.6 Å². The van der Waals surface area contributed by atoms with E-state index in [2.05, 4.69) is 34.6 Å². The normalized spacial score (nSPS) is 12.5. The van der Waals surface area contributed by atoms with Crippen molar-refractivity contribution in [2.75, 3.05) is 13.2 Å². The Bertz CT molecular complexity index is 918. The standard InChI is InChI=1S/C54H104O6/c1-6-8-9-10-11-12-24-29-34-39-44-52(55)58-47-51(48-59-53(56)45-40-35-30-25-21-20-23-28-33-38-43-50(5)7-2)60-54(57)46-41-36-31-26-19-17-15-13-14-16-18-22-27-32-37-42-49(3)4/h49-51H,6-48H2,1-5H3/t50?,51-/m0/s1. The van der Waals surface area contributed by atoms with Gasteiger partial charge in [0, 0.05) is 19.3 Å². The highest BCUT2D eigenvalue weighted by atomic mass is 16.6. The molecule has 0 heterocycles. The molecular weight excluding hydrogens is 745 g/mol. The smallest absolute Gasteiger partial charge is 0.306 e. The van der Waals surface area contributed by atoms with Gasteiger partial charge in [-0.2, -0.15) is 0 Å². The quantitative estimate of drug-likeness (QED) is 0.0345. The van der Waals surface area contributed by atoms with E-state index in [4.69, 9.17) is 14.2 Å². The lowest BCUT2D eigenvalue weighted by Crippen LogP contribution is -2.30. The SMILES string of the molecule is CCCCCCCCCCCCC(=O)OC[C@@H](COC(=O)CCCCCCCCCCCCC(C)CC)OC(=O)CCCCCCCCCCCCCCCCCC(C)C. The van der Waals surface area contributed by atoms with Crippen molar-refractivity contribution in [1.82, 2.24) is 0 Å². The third-order valence-corrected chi connectivity index (χ3v) is 12.6. The van der Waals surface area contributed by atoms with Crippen LogP contribution >= 0.6 is 0 Å². The molecule has 0 aromatic carbocycles. The van der Waals surface area contributed by atoms with Gasteiger partial charge in [0.15, 0.2) is 6.10 Å². The number of carbonyl (C=O) groups is 3. The molecule has 0 N–H and O–H groups in total. The summed E-state index contributed by atoms with van der Waals surface area (Å²) in [7, 11) is 0. The van der Waals surface area contributed by atoms with Crippen LogP contribution in [0.5, 0.6) is 0 Å². The van der Waals surface area contributed by atoms with Gasteiger partial charge in [0.25, 0.3) is 0 Å². The highest BCUT2D eigenvalue weighted by Crippen LogP contribution is 2.18. The molecule has 0 saturated carbocycles. The first-order valence-electron chi connectivity index (χ1n) is 26.8. The second-order valence-corrected chi connectivity index (χ2v) is 19.2. The van der Waals surface area contributed by atoms with E-state index in [1.807, 2.05) is 0 Å². The molecule has 0 rings (SSSR count). The van der Waals surface area contributed by atoms with Gasteiger partial charge in [0.1, 0.15) is 13.2 Å². The summed E-state index contributed by atoms with van der Waals surface area (Å²) in [4.78, 5) is 37.9. The summed E-state index contributed by atoms with van der Waals surface area (Å²) < 4.78 is 16.8. The molecule has 0 aliphatic carbocycles. The Balaban J connectivity index is 4.28. The first-order valence-corrected chi connectivity index (χ1v) is 26.8. The minimum absolute atomic E-state index is 0.0636. The summed E-state index contributed by atoms with van der Waals surface area (Å²) in [5, 5.41) is 0. The molecule has 0 aromatic rings. The first kappa shape index (κ1) is 58.4. The van der Waals surface area contributed by atoms with Gasteiger partial charge in [-0.3, -0.25) is 14.4 Å². The number of esters is 3. The van der Waals surface area contributed by atoms with Crippen LogP contribution in [-0.4, -0.2) is 37.2 Å². The average molecular weight is 849 g/mol. The second-order valence-electron chi connectivity index (χ2n) is 19.2. The lowest BCUT2D eigenvalue weighted by atomic mass is 9.99. The van der Waals surface area contributed by atoms with Crippen LogP contribution in [0.2, 0.25) is 0 Å². The summed E-state index contributed by atoms with van der Waals surface area (Å²) in [6.45, 7) is 11.4. The molecule has 0 bridgehead atoms. The topological polar surface area (TPSA) is 78.9 Å². The minimum Gasteiger partial charge on any atom is -0.462 e. The molecule has 0 spiro atoms. The molecule has 0 radical (unpaired) electrons. The maximum Gasteiger partial charge on any atom is 0.306 e. The van der Waals surface area contributed by atoms with E-state index in [9.17, 15) is 14.4 Å². The molecule has 6 heteroatoms. The maximum absolute atomic E-state index is 12.8. The van der Waals surface area contributed by atoms with Gasteiger partial charge in [-0.25, -0.2) is 0 Å². The lowest BCUT2D eigenvalue weighted by Gasteiger charge is -2.18. The predicted molar refractivity (Wildman–Crippen MR) is 256 cm³/mol. The molecule has 0 aliphatic rings. The molecule has 6 nitrogen and oxygen atoms in total. The summed E-state index contributed by atoms with van der Waals surface area (Å²) in [6, 6.07) is 0. The molecule has 0 amide bonds. The Kier molecular flexibility index (Phi) is 45.7. The summed E-state index contributed by atoms with van der Waals surface area (Å²) in [5.41, 5.74) is 0. The fourth-order valence-corrected chi connectivity index (χ4v) is 8.13. The highest BCUT2D eigenvalue weighted by Gasteiger charge is 2.19. The highest BCUT2D eigenvalue weighted by molar-refractivity contribution is 5.71.